The molecular weight excluding hydrogens is 190 g/mol. The van der Waals surface area contributed by atoms with Gasteiger partial charge in [0.2, 0.25) is 0 Å². The maximum Gasteiger partial charge on any atom is 0.252 e. The second kappa shape index (κ2) is 3.80. The molecule has 1 aliphatic heterocycles. The molecular formula is C8H15NO5. The predicted molar refractivity (Wildman–Crippen MR) is 47.4 cm³/mol. The molecule has 1 saturated heterocycles. The van der Waals surface area contributed by atoms with Crippen molar-refractivity contribution in [3.05, 3.63) is 10.1 Å². The molecule has 4 unspecified atom stereocenters. The Labute approximate surface area is 82.0 Å². The normalized spacial score (nSPS) is 43.6. The van der Waals surface area contributed by atoms with E-state index in [4.69, 9.17) is 9.47 Å². The first-order valence-electron chi connectivity index (χ1n) is 4.42. The van der Waals surface area contributed by atoms with E-state index in [9.17, 15) is 15.2 Å². The molecule has 0 radical (unpaired) electrons. The molecule has 1 N–H and O–H groups in total. The van der Waals surface area contributed by atoms with Gasteiger partial charge in [0.25, 0.3) is 5.54 Å². The van der Waals surface area contributed by atoms with Crippen molar-refractivity contribution in [2.45, 2.75) is 44.3 Å². The fourth-order valence-corrected chi connectivity index (χ4v) is 1.65. The Hall–Kier alpha value is -0.720. The Morgan fingerprint density at radius 3 is 2.71 bits per heavy atom. The largest absolute Gasteiger partial charge is 0.383 e. The zero-order chi connectivity index (χ0) is 10.9. The second-order valence-electron chi connectivity index (χ2n) is 3.77. The van der Waals surface area contributed by atoms with Crippen molar-refractivity contribution < 1.29 is 19.5 Å². The molecule has 6 nitrogen and oxygen atoms in total. The van der Waals surface area contributed by atoms with Crippen molar-refractivity contribution in [3.8, 4) is 0 Å². The summed E-state index contributed by atoms with van der Waals surface area (Å²) in [6, 6.07) is 0. The summed E-state index contributed by atoms with van der Waals surface area (Å²) in [5.74, 6) is 0. The Morgan fingerprint density at radius 1 is 1.71 bits per heavy atom. The number of rotatable bonds is 2. The highest BCUT2D eigenvalue weighted by Gasteiger charge is 2.54. The van der Waals surface area contributed by atoms with Gasteiger partial charge in [-0.25, -0.2) is 0 Å². The molecule has 0 bridgehead atoms. The van der Waals surface area contributed by atoms with Crippen LogP contribution in [-0.2, 0) is 9.47 Å². The SMILES string of the molecule is COC1CC(C)([N+](=O)[O-])C(O)C(C)O1. The van der Waals surface area contributed by atoms with E-state index in [1.807, 2.05) is 0 Å². The summed E-state index contributed by atoms with van der Waals surface area (Å²) in [7, 11) is 1.43. The zero-order valence-corrected chi connectivity index (χ0v) is 8.47. The van der Waals surface area contributed by atoms with Gasteiger partial charge < -0.3 is 14.6 Å². The summed E-state index contributed by atoms with van der Waals surface area (Å²) >= 11 is 0. The van der Waals surface area contributed by atoms with E-state index in [1.165, 1.54) is 14.0 Å². The predicted octanol–water partition coefficient (Wildman–Crippen LogP) is 0.164. The van der Waals surface area contributed by atoms with E-state index in [0.29, 0.717) is 0 Å². The topological polar surface area (TPSA) is 81.8 Å². The Morgan fingerprint density at radius 2 is 2.29 bits per heavy atom. The van der Waals surface area contributed by atoms with Crippen molar-refractivity contribution in [3.63, 3.8) is 0 Å². The first-order chi connectivity index (χ1) is 6.41. The maximum absolute atomic E-state index is 10.8. The number of hydrogen-bond donors (Lipinski definition) is 1. The smallest absolute Gasteiger partial charge is 0.252 e. The molecule has 1 heterocycles. The molecule has 4 atom stereocenters. The van der Waals surface area contributed by atoms with Gasteiger partial charge in [0.05, 0.1) is 12.5 Å². The van der Waals surface area contributed by atoms with Crippen LogP contribution >= 0.6 is 0 Å². The number of nitrogens with zero attached hydrogens (tertiary/aromatic N) is 1. The number of aliphatic hydroxyl groups excluding tert-OH is 1. The molecule has 1 aliphatic rings. The molecule has 0 aromatic carbocycles. The standard InChI is InChI=1S/C8H15NO5/c1-5-7(10)8(2,9(11)12)4-6(13-3)14-5/h5-7,10H,4H2,1-3H3. The van der Waals surface area contributed by atoms with Crippen molar-refractivity contribution >= 4 is 0 Å². The Balaban J connectivity index is 2.87. The van der Waals surface area contributed by atoms with Crippen molar-refractivity contribution in [1.82, 2.24) is 0 Å². The minimum absolute atomic E-state index is 0.0575. The van der Waals surface area contributed by atoms with Crippen LogP contribution in [0.25, 0.3) is 0 Å². The van der Waals surface area contributed by atoms with Gasteiger partial charge in [-0.2, -0.15) is 0 Å². The van der Waals surface area contributed by atoms with Gasteiger partial charge in [0, 0.05) is 19.0 Å². The van der Waals surface area contributed by atoms with E-state index in [2.05, 4.69) is 0 Å². The first-order valence-corrected chi connectivity index (χ1v) is 4.42. The van der Waals surface area contributed by atoms with Crippen LogP contribution in [-0.4, -0.2) is 41.2 Å². The fourth-order valence-electron chi connectivity index (χ4n) is 1.65. The Bertz CT molecular complexity index is 234. The van der Waals surface area contributed by atoms with Gasteiger partial charge in [0.1, 0.15) is 6.10 Å². The molecule has 0 saturated carbocycles. The number of ether oxygens (including phenoxy) is 2. The zero-order valence-electron chi connectivity index (χ0n) is 8.47. The molecule has 14 heavy (non-hydrogen) atoms. The summed E-state index contributed by atoms with van der Waals surface area (Å²) in [5.41, 5.74) is -1.39. The average Bonchev–Trinajstić information content (AvgIpc) is 2.13. The molecule has 0 aromatic rings. The van der Waals surface area contributed by atoms with Crippen LogP contribution in [0, 0.1) is 10.1 Å². The molecule has 6 heteroatoms. The molecule has 1 fully saturated rings. The van der Waals surface area contributed by atoms with Crippen LogP contribution in [0.2, 0.25) is 0 Å². The number of aliphatic hydroxyl groups is 1. The lowest BCUT2D eigenvalue weighted by Crippen LogP contribution is -2.59. The first kappa shape index (κ1) is 11.4. The maximum atomic E-state index is 10.8. The minimum Gasteiger partial charge on any atom is -0.383 e. The summed E-state index contributed by atoms with van der Waals surface area (Å²) in [6.45, 7) is 3.00. The summed E-state index contributed by atoms with van der Waals surface area (Å²) in [5, 5.41) is 20.5. The van der Waals surface area contributed by atoms with Crippen LogP contribution in [0.5, 0.6) is 0 Å². The molecule has 82 valence electrons. The second-order valence-corrected chi connectivity index (χ2v) is 3.77. The number of methoxy groups -OCH3 is 1. The van der Waals surface area contributed by atoms with Crippen LogP contribution in [0.15, 0.2) is 0 Å². The summed E-state index contributed by atoms with van der Waals surface area (Å²) < 4.78 is 10.1. The molecule has 0 aliphatic carbocycles. The average molecular weight is 205 g/mol. The lowest BCUT2D eigenvalue weighted by Gasteiger charge is -2.38. The highest BCUT2D eigenvalue weighted by molar-refractivity contribution is 4.91. The third kappa shape index (κ3) is 1.73. The van der Waals surface area contributed by atoms with Crippen LogP contribution < -0.4 is 0 Å². The van der Waals surface area contributed by atoms with Gasteiger partial charge in [-0.05, 0) is 6.92 Å². The Kier molecular flexibility index (Phi) is 3.08. The fraction of sp³-hybridized carbons (Fsp3) is 1.00. The lowest BCUT2D eigenvalue weighted by atomic mass is 9.86. The molecule has 0 amide bonds. The van der Waals surface area contributed by atoms with Crippen molar-refractivity contribution in [2.75, 3.05) is 7.11 Å². The molecule has 1 rings (SSSR count). The number of hydrogen-bond acceptors (Lipinski definition) is 5. The van der Waals surface area contributed by atoms with Crippen LogP contribution in [0.1, 0.15) is 20.3 Å². The minimum atomic E-state index is -1.39. The van der Waals surface area contributed by atoms with Gasteiger partial charge in [-0.15, -0.1) is 0 Å². The number of nitro groups is 1. The third-order valence-corrected chi connectivity index (χ3v) is 2.71. The van der Waals surface area contributed by atoms with Gasteiger partial charge in [-0.1, -0.05) is 0 Å². The van der Waals surface area contributed by atoms with Crippen LogP contribution in [0.4, 0.5) is 0 Å². The van der Waals surface area contributed by atoms with E-state index in [0.717, 1.165) is 0 Å². The highest BCUT2D eigenvalue weighted by Crippen LogP contribution is 2.31. The van der Waals surface area contributed by atoms with Gasteiger partial charge >= 0.3 is 0 Å². The van der Waals surface area contributed by atoms with E-state index < -0.39 is 29.0 Å². The van der Waals surface area contributed by atoms with Crippen molar-refractivity contribution in [2.24, 2.45) is 0 Å². The highest BCUT2D eigenvalue weighted by atomic mass is 16.7. The van der Waals surface area contributed by atoms with Crippen molar-refractivity contribution in [1.29, 1.82) is 0 Å². The third-order valence-electron chi connectivity index (χ3n) is 2.71. The lowest BCUT2D eigenvalue weighted by molar-refractivity contribution is -0.593. The quantitative estimate of drug-likeness (QED) is 0.513. The molecule has 0 spiro atoms. The van der Waals surface area contributed by atoms with E-state index in [-0.39, 0.29) is 6.42 Å². The van der Waals surface area contributed by atoms with Crippen LogP contribution in [0.3, 0.4) is 0 Å². The summed E-state index contributed by atoms with van der Waals surface area (Å²) in [6.07, 6.45) is -2.26. The molecule has 0 aromatic heterocycles. The van der Waals surface area contributed by atoms with E-state index >= 15 is 0 Å². The summed E-state index contributed by atoms with van der Waals surface area (Å²) in [4.78, 5) is 10.4. The monoisotopic (exact) mass is 205 g/mol. The van der Waals surface area contributed by atoms with Gasteiger partial charge in [0.15, 0.2) is 6.29 Å². The van der Waals surface area contributed by atoms with Gasteiger partial charge in [-0.3, -0.25) is 10.1 Å². The van der Waals surface area contributed by atoms with E-state index in [1.54, 1.807) is 6.92 Å².